The van der Waals surface area contributed by atoms with Crippen LogP contribution in [0.3, 0.4) is 0 Å². The van der Waals surface area contributed by atoms with Gasteiger partial charge < -0.3 is 10.1 Å². The summed E-state index contributed by atoms with van der Waals surface area (Å²) in [5, 5.41) is 3.40. The summed E-state index contributed by atoms with van der Waals surface area (Å²) < 4.78 is 6.04. The Kier molecular flexibility index (Phi) is 3.50. The van der Waals surface area contributed by atoms with Gasteiger partial charge >= 0.3 is 0 Å². The van der Waals surface area contributed by atoms with E-state index in [1.165, 1.54) is 11.1 Å². The van der Waals surface area contributed by atoms with Crippen LogP contribution in [0.2, 0.25) is 0 Å². The second-order valence-electron chi connectivity index (χ2n) is 6.33. The van der Waals surface area contributed by atoms with E-state index in [9.17, 15) is 0 Å². The lowest BCUT2D eigenvalue weighted by atomic mass is 9.93. The highest BCUT2D eigenvalue weighted by Crippen LogP contribution is 2.33. The smallest absolute Gasteiger partial charge is 0.123 e. The summed E-state index contributed by atoms with van der Waals surface area (Å²) in [7, 11) is 0. The maximum absolute atomic E-state index is 6.04. The quantitative estimate of drug-likeness (QED) is 0.882. The minimum absolute atomic E-state index is 0.00689. The number of hydrogen-bond acceptors (Lipinski definition) is 3. The minimum atomic E-state index is -0.00689. The number of hydrogen-bond donors (Lipinski definition) is 1. The lowest BCUT2D eigenvalue weighted by molar-refractivity contribution is 0.0846. The second-order valence-corrected chi connectivity index (χ2v) is 6.33. The number of piperazine rings is 1. The molecule has 0 aliphatic carbocycles. The first kappa shape index (κ1) is 12.9. The van der Waals surface area contributed by atoms with Crippen LogP contribution in [-0.4, -0.2) is 36.7 Å². The first-order chi connectivity index (χ1) is 9.12. The van der Waals surface area contributed by atoms with Crippen LogP contribution in [0.15, 0.2) is 18.2 Å². The molecule has 1 aromatic carbocycles. The molecule has 0 saturated carbocycles. The maximum atomic E-state index is 6.04. The third-order valence-electron chi connectivity index (χ3n) is 4.12. The van der Waals surface area contributed by atoms with E-state index in [-0.39, 0.29) is 5.60 Å². The third kappa shape index (κ3) is 3.10. The molecular weight excluding hydrogens is 236 g/mol. The first-order valence-electron chi connectivity index (χ1n) is 7.36. The SMILES string of the molecule is CC1(C)CCc2cc(CN3CCNCC3)ccc2O1. The van der Waals surface area contributed by atoms with Gasteiger partial charge in [-0.1, -0.05) is 12.1 Å². The number of rotatable bonds is 2. The molecule has 0 spiro atoms. The molecule has 2 aliphatic heterocycles. The van der Waals surface area contributed by atoms with Gasteiger partial charge in [0.2, 0.25) is 0 Å². The van der Waals surface area contributed by atoms with Crippen molar-refractivity contribution in [3.05, 3.63) is 29.3 Å². The summed E-state index contributed by atoms with van der Waals surface area (Å²) in [6.45, 7) is 9.94. The number of benzene rings is 1. The van der Waals surface area contributed by atoms with Crippen molar-refractivity contribution in [2.24, 2.45) is 0 Å². The Morgan fingerprint density at radius 1 is 1.26 bits per heavy atom. The second kappa shape index (κ2) is 5.14. The molecule has 2 aliphatic rings. The Morgan fingerprint density at radius 2 is 2.05 bits per heavy atom. The van der Waals surface area contributed by atoms with Gasteiger partial charge in [0.1, 0.15) is 11.4 Å². The summed E-state index contributed by atoms with van der Waals surface area (Å²) in [6, 6.07) is 6.72. The maximum Gasteiger partial charge on any atom is 0.123 e. The normalized spacial score (nSPS) is 22.6. The van der Waals surface area contributed by atoms with Gasteiger partial charge in [0, 0.05) is 32.7 Å². The van der Waals surface area contributed by atoms with E-state index in [0.29, 0.717) is 0 Å². The highest BCUT2D eigenvalue weighted by Gasteiger charge is 2.26. The average molecular weight is 260 g/mol. The predicted molar refractivity (Wildman–Crippen MR) is 77.6 cm³/mol. The Balaban J connectivity index is 1.71. The molecule has 0 aromatic heterocycles. The van der Waals surface area contributed by atoms with E-state index >= 15 is 0 Å². The molecule has 1 N–H and O–H groups in total. The zero-order valence-corrected chi connectivity index (χ0v) is 12.0. The van der Waals surface area contributed by atoms with Crippen molar-refractivity contribution in [2.75, 3.05) is 26.2 Å². The Hall–Kier alpha value is -1.06. The molecule has 1 fully saturated rings. The van der Waals surface area contributed by atoms with E-state index < -0.39 is 0 Å². The predicted octanol–water partition coefficient (Wildman–Crippen LogP) is 2.20. The van der Waals surface area contributed by atoms with Gasteiger partial charge in [-0.25, -0.2) is 0 Å². The zero-order valence-electron chi connectivity index (χ0n) is 12.0. The fraction of sp³-hybridized carbons (Fsp3) is 0.625. The molecule has 0 unspecified atom stereocenters. The lowest BCUT2D eigenvalue weighted by Crippen LogP contribution is -2.42. The largest absolute Gasteiger partial charge is 0.488 e. The van der Waals surface area contributed by atoms with E-state index in [2.05, 4.69) is 42.3 Å². The number of fused-ring (bicyclic) bond motifs is 1. The minimum Gasteiger partial charge on any atom is -0.488 e. The highest BCUT2D eigenvalue weighted by atomic mass is 16.5. The molecule has 104 valence electrons. The molecular formula is C16H24N2O. The molecule has 0 radical (unpaired) electrons. The third-order valence-corrected chi connectivity index (χ3v) is 4.12. The van der Waals surface area contributed by atoms with Crippen LogP contribution < -0.4 is 10.1 Å². The van der Waals surface area contributed by atoms with Crippen molar-refractivity contribution in [3.63, 3.8) is 0 Å². The van der Waals surface area contributed by atoms with Crippen molar-refractivity contribution in [3.8, 4) is 5.75 Å². The van der Waals surface area contributed by atoms with Crippen LogP contribution in [0.25, 0.3) is 0 Å². The fourth-order valence-corrected chi connectivity index (χ4v) is 2.94. The molecule has 3 nitrogen and oxygen atoms in total. The van der Waals surface area contributed by atoms with Crippen molar-refractivity contribution >= 4 is 0 Å². The summed E-state index contributed by atoms with van der Waals surface area (Å²) in [6.07, 6.45) is 2.24. The molecule has 0 bridgehead atoms. The first-order valence-corrected chi connectivity index (χ1v) is 7.36. The molecule has 3 rings (SSSR count). The van der Waals surface area contributed by atoms with Gasteiger partial charge in [-0.15, -0.1) is 0 Å². The Bertz CT molecular complexity index is 450. The van der Waals surface area contributed by atoms with E-state index in [4.69, 9.17) is 4.74 Å². The molecule has 3 heteroatoms. The molecule has 2 heterocycles. The van der Waals surface area contributed by atoms with Crippen LogP contribution >= 0.6 is 0 Å². The fourth-order valence-electron chi connectivity index (χ4n) is 2.94. The Labute approximate surface area is 115 Å². The highest BCUT2D eigenvalue weighted by molar-refractivity contribution is 5.39. The van der Waals surface area contributed by atoms with Crippen LogP contribution in [-0.2, 0) is 13.0 Å². The lowest BCUT2D eigenvalue weighted by Gasteiger charge is -2.33. The number of nitrogens with zero attached hydrogens (tertiary/aromatic N) is 1. The van der Waals surface area contributed by atoms with Crippen LogP contribution in [0.1, 0.15) is 31.4 Å². The molecule has 0 atom stereocenters. The molecule has 0 amide bonds. The van der Waals surface area contributed by atoms with Crippen LogP contribution in [0, 0.1) is 0 Å². The van der Waals surface area contributed by atoms with Crippen LogP contribution in [0.5, 0.6) is 5.75 Å². The number of aryl methyl sites for hydroxylation is 1. The van der Waals surface area contributed by atoms with E-state index in [1.807, 2.05) is 0 Å². The van der Waals surface area contributed by atoms with Crippen molar-refractivity contribution in [2.45, 2.75) is 38.8 Å². The standard InChI is InChI=1S/C16H24N2O/c1-16(2)6-5-14-11-13(3-4-15(14)19-16)12-18-9-7-17-8-10-18/h3-4,11,17H,5-10,12H2,1-2H3. The summed E-state index contributed by atoms with van der Waals surface area (Å²) in [5.74, 6) is 1.08. The van der Waals surface area contributed by atoms with Crippen molar-refractivity contribution in [1.29, 1.82) is 0 Å². The van der Waals surface area contributed by atoms with E-state index in [1.54, 1.807) is 0 Å². The number of nitrogens with one attached hydrogen (secondary N) is 1. The Morgan fingerprint density at radius 3 is 2.84 bits per heavy atom. The average Bonchev–Trinajstić information content (AvgIpc) is 2.39. The van der Waals surface area contributed by atoms with E-state index in [0.717, 1.165) is 51.3 Å². The van der Waals surface area contributed by atoms with Gasteiger partial charge in [0.25, 0.3) is 0 Å². The van der Waals surface area contributed by atoms with Gasteiger partial charge in [-0.2, -0.15) is 0 Å². The van der Waals surface area contributed by atoms with Crippen molar-refractivity contribution in [1.82, 2.24) is 10.2 Å². The molecule has 19 heavy (non-hydrogen) atoms. The zero-order chi connectivity index (χ0) is 13.3. The topological polar surface area (TPSA) is 24.5 Å². The van der Waals surface area contributed by atoms with Gasteiger partial charge in [-0.3, -0.25) is 4.90 Å². The van der Waals surface area contributed by atoms with Gasteiger partial charge in [-0.05, 0) is 43.9 Å². The number of ether oxygens (including phenoxy) is 1. The van der Waals surface area contributed by atoms with Crippen molar-refractivity contribution < 1.29 is 4.74 Å². The van der Waals surface area contributed by atoms with Crippen LogP contribution in [0.4, 0.5) is 0 Å². The summed E-state index contributed by atoms with van der Waals surface area (Å²) in [4.78, 5) is 2.52. The summed E-state index contributed by atoms with van der Waals surface area (Å²) in [5.41, 5.74) is 2.79. The van der Waals surface area contributed by atoms with Gasteiger partial charge in [0.15, 0.2) is 0 Å². The summed E-state index contributed by atoms with van der Waals surface area (Å²) >= 11 is 0. The molecule has 1 aromatic rings. The molecule has 1 saturated heterocycles. The monoisotopic (exact) mass is 260 g/mol. The van der Waals surface area contributed by atoms with Gasteiger partial charge in [0.05, 0.1) is 0 Å².